The molecular weight excluding hydrogens is 168 g/mol. The average molecular weight is 184 g/mol. The highest BCUT2D eigenvalue weighted by Gasteiger charge is 2.20. The summed E-state index contributed by atoms with van der Waals surface area (Å²) >= 11 is 0. The Morgan fingerprint density at radius 2 is 1.92 bits per heavy atom. The lowest BCUT2D eigenvalue weighted by Gasteiger charge is -2.19. The summed E-state index contributed by atoms with van der Waals surface area (Å²) in [4.78, 5) is 0. The van der Waals surface area contributed by atoms with Crippen LogP contribution in [-0.4, -0.2) is 12.2 Å². The van der Waals surface area contributed by atoms with E-state index in [0.717, 1.165) is 5.76 Å². The summed E-state index contributed by atoms with van der Waals surface area (Å²) in [6, 6.07) is 0. The zero-order valence-corrected chi connectivity index (χ0v) is 8.64. The van der Waals surface area contributed by atoms with E-state index in [1.165, 1.54) is 0 Å². The highest BCUT2D eigenvalue weighted by Crippen LogP contribution is 2.24. The van der Waals surface area contributed by atoms with Crippen LogP contribution in [-0.2, 0) is 14.2 Å². The lowest BCUT2D eigenvalue weighted by molar-refractivity contribution is -0.00422. The normalized spacial score (nSPS) is 17.4. The molecule has 0 radical (unpaired) electrons. The van der Waals surface area contributed by atoms with Gasteiger partial charge in [0.05, 0.1) is 5.60 Å². The molecule has 3 nitrogen and oxygen atoms in total. The predicted molar refractivity (Wildman–Crippen MR) is 49.7 cm³/mol. The maximum absolute atomic E-state index is 5.53. The van der Waals surface area contributed by atoms with Gasteiger partial charge in [0.2, 0.25) is 0 Å². The van der Waals surface area contributed by atoms with Crippen molar-refractivity contribution in [2.75, 3.05) is 6.61 Å². The maximum Gasteiger partial charge on any atom is 0.282 e. The highest BCUT2D eigenvalue weighted by atomic mass is 16.7. The standard InChI is InChI=1S/C10H16O3/c1-7-9(13-8(2)12-7)6-11-10(3,4)5/h2,6H2,1,3-5H3. The second-order valence-electron chi connectivity index (χ2n) is 3.96. The minimum Gasteiger partial charge on any atom is -0.428 e. The molecule has 0 saturated heterocycles. The van der Waals surface area contributed by atoms with E-state index in [1.54, 1.807) is 0 Å². The molecule has 0 aromatic heterocycles. The summed E-state index contributed by atoms with van der Waals surface area (Å²) in [6.07, 6.45) is 0. The van der Waals surface area contributed by atoms with E-state index in [9.17, 15) is 0 Å². The maximum atomic E-state index is 5.53. The molecule has 1 aliphatic rings. The van der Waals surface area contributed by atoms with Crippen molar-refractivity contribution in [3.8, 4) is 0 Å². The van der Waals surface area contributed by atoms with E-state index < -0.39 is 0 Å². The first-order valence-electron chi connectivity index (χ1n) is 4.27. The average Bonchev–Trinajstić information content (AvgIpc) is 2.24. The van der Waals surface area contributed by atoms with Crippen molar-refractivity contribution in [2.24, 2.45) is 0 Å². The summed E-state index contributed by atoms with van der Waals surface area (Å²) in [5, 5.41) is 0. The van der Waals surface area contributed by atoms with Crippen LogP contribution < -0.4 is 0 Å². The second kappa shape index (κ2) is 3.42. The van der Waals surface area contributed by atoms with Crippen molar-refractivity contribution in [1.82, 2.24) is 0 Å². The van der Waals surface area contributed by atoms with Crippen molar-refractivity contribution < 1.29 is 14.2 Å². The van der Waals surface area contributed by atoms with Gasteiger partial charge in [0.25, 0.3) is 5.95 Å². The summed E-state index contributed by atoms with van der Waals surface area (Å²) in [6.45, 7) is 11.8. The largest absolute Gasteiger partial charge is 0.428 e. The molecule has 1 heterocycles. The van der Waals surface area contributed by atoms with E-state index >= 15 is 0 Å². The van der Waals surface area contributed by atoms with Crippen molar-refractivity contribution in [1.29, 1.82) is 0 Å². The molecule has 1 aliphatic heterocycles. The van der Waals surface area contributed by atoms with Gasteiger partial charge in [-0.25, -0.2) is 0 Å². The van der Waals surface area contributed by atoms with Crippen LogP contribution >= 0.6 is 0 Å². The molecule has 3 heteroatoms. The van der Waals surface area contributed by atoms with Gasteiger partial charge in [0.15, 0.2) is 5.76 Å². The first-order chi connectivity index (χ1) is 5.88. The molecule has 1 rings (SSSR count). The number of allylic oxidation sites excluding steroid dienone is 1. The van der Waals surface area contributed by atoms with Crippen LogP contribution in [0.3, 0.4) is 0 Å². The molecule has 0 unspecified atom stereocenters. The third-order valence-corrected chi connectivity index (χ3v) is 1.53. The Kier molecular flexibility index (Phi) is 2.66. The minimum atomic E-state index is -0.166. The highest BCUT2D eigenvalue weighted by molar-refractivity contribution is 5.09. The fourth-order valence-electron chi connectivity index (χ4n) is 0.871. The SMILES string of the molecule is C=C1OC(C)=C(COC(C)(C)C)O1. The molecule has 13 heavy (non-hydrogen) atoms. The third-order valence-electron chi connectivity index (χ3n) is 1.53. The molecule has 0 aromatic rings. The van der Waals surface area contributed by atoms with Gasteiger partial charge in [-0.1, -0.05) is 0 Å². The quantitative estimate of drug-likeness (QED) is 0.660. The first-order valence-corrected chi connectivity index (χ1v) is 4.27. The molecule has 0 bridgehead atoms. The van der Waals surface area contributed by atoms with Crippen LogP contribution in [0.5, 0.6) is 0 Å². The van der Waals surface area contributed by atoms with Crippen LogP contribution in [0.15, 0.2) is 24.0 Å². The van der Waals surface area contributed by atoms with Gasteiger partial charge >= 0.3 is 0 Å². The molecule has 0 aromatic carbocycles. The predicted octanol–water partition coefficient (Wildman–Crippen LogP) is 2.55. The Morgan fingerprint density at radius 3 is 2.31 bits per heavy atom. The molecule has 0 amide bonds. The van der Waals surface area contributed by atoms with Crippen molar-refractivity contribution in [3.63, 3.8) is 0 Å². The van der Waals surface area contributed by atoms with Gasteiger partial charge in [0, 0.05) is 0 Å². The van der Waals surface area contributed by atoms with Crippen molar-refractivity contribution >= 4 is 0 Å². The van der Waals surface area contributed by atoms with E-state index in [0.29, 0.717) is 18.3 Å². The first kappa shape index (κ1) is 10.1. The van der Waals surface area contributed by atoms with E-state index in [1.807, 2.05) is 27.7 Å². The molecule has 0 saturated carbocycles. The summed E-state index contributed by atoms with van der Waals surface area (Å²) in [5.41, 5.74) is -0.166. The Morgan fingerprint density at radius 1 is 1.31 bits per heavy atom. The van der Waals surface area contributed by atoms with Gasteiger partial charge in [0.1, 0.15) is 12.4 Å². The van der Waals surface area contributed by atoms with Crippen LogP contribution in [0.25, 0.3) is 0 Å². The topological polar surface area (TPSA) is 27.7 Å². The van der Waals surface area contributed by atoms with Gasteiger partial charge in [-0.2, -0.15) is 0 Å². The number of hydrogen-bond acceptors (Lipinski definition) is 3. The fourth-order valence-corrected chi connectivity index (χ4v) is 0.871. The summed E-state index contributed by atoms with van der Waals surface area (Å²) in [5.74, 6) is 1.76. The zero-order chi connectivity index (χ0) is 10.1. The minimum absolute atomic E-state index is 0.166. The Labute approximate surface area is 79.0 Å². The van der Waals surface area contributed by atoms with Crippen LogP contribution in [0.2, 0.25) is 0 Å². The lowest BCUT2D eigenvalue weighted by Crippen LogP contribution is -2.20. The van der Waals surface area contributed by atoms with Crippen molar-refractivity contribution in [3.05, 3.63) is 24.0 Å². The Balaban J connectivity index is 2.46. The van der Waals surface area contributed by atoms with Gasteiger partial charge in [-0.3, -0.25) is 0 Å². The van der Waals surface area contributed by atoms with Crippen LogP contribution in [0.4, 0.5) is 0 Å². The second-order valence-corrected chi connectivity index (χ2v) is 3.96. The van der Waals surface area contributed by atoms with E-state index in [4.69, 9.17) is 14.2 Å². The molecule has 0 spiro atoms. The van der Waals surface area contributed by atoms with E-state index in [2.05, 4.69) is 6.58 Å². The smallest absolute Gasteiger partial charge is 0.282 e. The zero-order valence-electron chi connectivity index (χ0n) is 8.64. The monoisotopic (exact) mass is 184 g/mol. The molecular formula is C10H16O3. The van der Waals surface area contributed by atoms with Gasteiger partial charge < -0.3 is 14.2 Å². The summed E-state index contributed by atoms with van der Waals surface area (Å²) in [7, 11) is 0. The lowest BCUT2D eigenvalue weighted by atomic mass is 10.2. The molecule has 0 aliphatic carbocycles. The van der Waals surface area contributed by atoms with Gasteiger partial charge in [-0.15, -0.1) is 0 Å². The van der Waals surface area contributed by atoms with Crippen LogP contribution in [0.1, 0.15) is 27.7 Å². The van der Waals surface area contributed by atoms with Crippen LogP contribution in [0, 0.1) is 0 Å². The fraction of sp³-hybridized carbons (Fsp3) is 0.600. The number of rotatable bonds is 2. The van der Waals surface area contributed by atoms with Gasteiger partial charge in [-0.05, 0) is 34.3 Å². The summed E-state index contributed by atoms with van der Waals surface area (Å²) < 4.78 is 15.9. The number of hydrogen-bond donors (Lipinski definition) is 0. The van der Waals surface area contributed by atoms with Crippen molar-refractivity contribution in [2.45, 2.75) is 33.3 Å². The molecule has 74 valence electrons. The van der Waals surface area contributed by atoms with E-state index in [-0.39, 0.29) is 5.60 Å². The molecule has 0 fully saturated rings. The molecule has 0 atom stereocenters. The molecule has 0 N–H and O–H groups in total. The third kappa shape index (κ3) is 3.11. The number of ether oxygens (including phenoxy) is 3. The Bertz CT molecular complexity index is 245. The Hall–Kier alpha value is -0.960.